The molecule has 2 heterocycles. The number of aryl methyl sites for hydroxylation is 1. The number of amides is 1. The van der Waals surface area contributed by atoms with Crippen molar-refractivity contribution in [2.24, 2.45) is 13.0 Å². The van der Waals surface area contributed by atoms with Gasteiger partial charge in [0.15, 0.2) is 17.3 Å². The molecule has 1 fully saturated rings. The molecule has 0 spiro atoms. The Hall–Kier alpha value is -3.55. The summed E-state index contributed by atoms with van der Waals surface area (Å²) in [6.45, 7) is 1.59. The molecule has 0 aliphatic carbocycles. The summed E-state index contributed by atoms with van der Waals surface area (Å²) in [6.07, 6.45) is 1.33. The average molecular weight is 437 g/mol. The van der Waals surface area contributed by atoms with Gasteiger partial charge in [-0.25, -0.2) is 4.98 Å². The SMILES string of the molecule is COc1cccc(CNC(=O)C2CCN(c3nc4ccccc4n(C)c3=O)CC2)c1OC. The number of rotatable bonds is 6. The number of benzene rings is 2. The fourth-order valence-electron chi connectivity index (χ4n) is 4.24. The van der Waals surface area contributed by atoms with Crippen LogP contribution in [0.25, 0.3) is 11.0 Å². The monoisotopic (exact) mass is 436 g/mol. The number of ether oxygens (including phenoxy) is 2. The third-order valence-electron chi connectivity index (χ3n) is 6.07. The van der Waals surface area contributed by atoms with Gasteiger partial charge in [-0.2, -0.15) is 0 Å². The van der Waals surface area contributed by atoms with E-state index in [0.29, 0.717) is 49.8 Å². The first-order valence-corrected chi connectivity index (χ1v) is 10.7. The summed E-state index contributed by atoms with van der Waals surface area (Å²) in [5.74, 6) is 1.62. The minimum Gasteiger partial charge on any atom is -0.493 e. The van der Waals surface area contributed by atoms with Gasteiger partial charge in [0, 0.05) is 38.2 Å². The van der Waals surface area contributed by atoms with Crippen molar-refractivity contribution in [1.29, 1.82) is 0 Å². The minimum atomic E-state index is -0.114. The maximum Gasteiger partial charge on any atom is 0.293 e. The number of piperidine rings is 1. The lowest BCUT2D eigenvalue weighted by atomic mass is 9.96. The molecule has 0 unspecified atom stereocenters. The van der Waals surface area contributed by atoms with E-state index in [0.717, 1.165) is 16.6 Å². The first kappa shape index (κ1) is 21.7. The van der Waals surface area contributed by atoms with E-state index in [1.54, 1.807) is 25.8 Å². The van der Waals surface area contributed by atoms with E-state index in [9.17, 15) is 9.59 Å². The standard InChI is InChI=1S/C24H28N4O4/c1-27-19-9-5-4-8-18(19)26-22(24(27)30)28-13-11-16(12-14-28)23(29)25-15-17-7-6-10-20(31-2)21(17)32-3/h4-10,16H,11-15H2,1-3H3,(H,25,29). The predicted molar refractivity (Wildman–Crippen MR) is 123 cm³/mol. The summed E-state index contributed by atoms with van der Waals surface area (Å²) in [5, 5.41) is 3.02. The van der Waals surface area contributed by atoms with Crippen LogP contribution in [0.5, 0.6) is 11.5 Å². The summed E-state index contributed by atoms with van der Waals surface area (Å²) < 4.78 is 12.4. The molecule has 1 aliphatic heterocycles. The van der Waals surface area contributed by atoms with Crippen LogP contribution in [-0.4, -0.2) is 42.8 Å². The minimum absolute atomic E-state index is 0.00824. The van der Waals surface area contributed by atoms with E-state index < -0.39 is 0 Å². The van der Waals surface area contributed by atoms with Gasteiger partial charge in [-0.3, -0.25) is 9.59 Å². The Kier molecular flexibility index (Phi) is 6.30. The van der Waals surface area contributed by atoms with Crippen LogP contribution in [-0.2, 0) is 18.4 Å². The fourth-order valence-corrected chi connectivity index (χ4v) is 4.24. The van der Waals surface area contributed by atoms with Crippen LogP contribution in [0.15, 0.2) is 47.3 Å². The van der Waals surface area contributed by atoms with Crippen molar-refractivity contribution in [3.8, 4) is 11.5 Å². The van der Waals surface area contributed by atoms with Crippen molar-refractivity contribution in [1.82, 2.24) is 14.9 Å². The molecular formula is C24H28N4O4. The molecule has 0 radical (unpaired) electrons. The topological polar surface area (TPSA) is 85.7 Å². The van der Waals surface area contributed by atoms with E-state index >= 15 is 0 Å². The lowest BCUT2D eigenvalue weighted by molar-refractivity contribution is -0.125. The van der Waals surface area contributed by atoms with Gasteiger partial charge < -0.3 is 24.3 Å². The van der Waals surface area contributed by atoms with Gasteiger partial charge in [-0.1, -0.05) is 24.3 Å². The lowest BCUT2D eigenvalue weighted by Gasteiger charge is -2.32. The normalized spacial score (nSPS) is 14.4. The Bertz CT molecular complexity index is 1180. The average Bonchev–Trinajstić information content (AvgIpc) is 2.84. The second-order valence-electron chi connectivity index (χ2n) is 7.92. The van der Waals surface area contributed by atoms with Crippen LogP contribution < -0.4 is 25.2 Å². The number of fused-ring (bicyclic) bond motifs is 1. The second-order valence-corrected chi connectivity index (χ2v) is 7.92. The van der Waals surface area contributed by atoms with Gasteiger partial charge in [0.05, 0.1) is 25.3 Å². The number of nitrogens with one attached hydrogen (secondary N) is 1. The predicted octanol–water partition coefficient (Wildman–Crippen LogP) is 2.48. The molecule has 1 aromatic heterocycles. The zero-order valence-corrected chi connectivity index (χ0v) is 18.6. The summed E-state index contributed by atoms with van der Waals surface area (Å²) in [6, 6.07) is 13.2. The number of aromatic nitrogens is 2. The largest absolute Gasteiger partial charge is 0.493 e. The van der Waals surface area contributed by atoms with Gasteiger partial charge >= 0.3 is 0 Å². The first-order valence-electron chi connectivity index (χ1n) is 10.7. The maximum atomic E-state index is 12.8. The molecular weight excluding hydrogens is 408 g/mol. The Morgan fingerprint density at radius 1 is 1.09 bits per heavy atom. The molecule has 1 amide bonds. The van der Waals surface area contributed by atoms with Crippen LogP contribution in [0, 0.1) is 5.92 Å². The Morgan fingerprint density at radius 3 is 2.56 bits per heavy atom. The van der Waals surface area contributed by atoms with E-state index in [2.05, 4.69) is 10.3 Å². The van der Waals surface area contributed by atoms with Gasteiger partial charge in [0.1, 0.15) is 0 Å². The van der Waals surface area contributed by atoms with Crippen molar-refractivity contribution in [2.75, 3.05) is 32.2 Å². The molecule has 1 aliphatic rings. The van der Waals surface area contributed by atoms with E-state index in [-0.39, 0.29) is 17.4 Å². The molecule has 1 saturated heterocycles. The van der Waals surface area contributed by atoms with E-state index in [1.165, 1.54) is 0 Å². The molecule has 8 nitrogen and oxygen atoms in total. The third-order valence-corrected chi connectivity index (χ3v) is 6.07. The number of carbonyl (C=O) groups excluding carboxylic acids is 1. The molecule has 0 saturated carbocycles. The zero-order valence-electron chi connectivity index (χ0n) is 18.6. The third kappa shape index (κ3) is 4.12. The number of nitrogens with zero attached hydrogens (tertiary/aromatic N) is 3. The van der Waals surface area contributed by atoms with Gasteiger partial charge in [0.2, 0.25) is 5.91 Å². The van der Waals surface area contributed by atoms with Crippen LogP contribution >= 0.6 is 0 Å². The van der Waals surface area contributed by atoms with Gasteiger partial charge in [-0.05, 0) is 31.0 Å². The first-order chi connectivity index (χ1) is 15.5. The van der Waals surface area contributed by atoms with Crippen molar-refractivity contribution < 1.29 is 14.3 Å². The van der Waals surface area contributed by atoms with Crippen molar-refractivity contribution in [3.05, 3.63) is 58.4 Å². The van der Waals surface area contributed by atoms with Crippen molar-refractivity contribution in [2.45, 2.75) is 19.4 Å². The summed E-state index contributed by atoms with van der Waals surface area (Å²) >= 11 is 0. The quantitative estimate of drug-likeness (QED) is 0.639. The number of para-hydroxylation sites is 3. The molecule has 4 rings (SSSR count). The highest BCUT2D eigenvalue weighted by Gasteiger charge is 2.27. The van der Waals surface area contributed by atoms with E-state index in [4.69, 9.17) is 9.47 Å². The molecule has 3 aromatic rings. The van der Waals surface area contributed by atoms with Crippen LogP contribution in [0.3, 0.4) is 0 Å². The number of carbonyl (C=O) groups is 1. The number of hydrogen-bond donors (Lipinski definition) is 1. The zero-order chi connectivity index (χ0) is 22.7. The highest BCUT2D eigenvalue weighted by atomic mass is 16.5. The number of anilines is 1. The highest BCUT2D eigenvalue weighted by Crippen LogP contribution is 2.30. The van der Waals surface area contributed by atoms with Crippen LogP contribution in [0.2, 0.25) is 0 Å². The molecule has 2 aromatic carbocycles. The number of methoxy groups -OCH3 is 2. The summed E-state index contributed by atoms with van der Waals surface area (Å²) in [7, 11) is 4.94. The Morgan fingerprint density at radius 2 is 1.84 bits per heavy atom. The Balaban J connectivity index is 1.40. The van der Waals surface area contributed by atoms with Gasteiger partial charge in [0.25, 0.3) is 5.56 Å². The molecule has 8 heteroatoms. The summed E-state index contributed by atoms with van der Waals surface area (Å²) in [5.41, 5.74) is 2.35. The maximum absolute atomic E-state index is 12.8. The fraction of sp³-hybridized carbons (Fsp3) is 0.375. The van der Waals surface area contributed by atoms with Gasteiger partial charge in [-0.15, -0.1) is 0 Å². The van der Waals surface area contributed by atoms with Crippen molar-refractivity contribution in [3.63, 3.8) is 0 Å². The second kappa shape index (κ2) is 9.30. The molecule has 0 bridgehead atoms. The van der Waals surface area contributed by atoms with Crippen LogP contribution in [0.1, 0.15) is 18.4 Å². The van der Waals surface area contributed by atoms with Crippen molar-refractivity contribution >= 4 is 22.8 Å². The molecule has 0 atom stereocenters. The van der Waals surface area contributed by atoms with E-state index in [1.807, 2.05) is 47.4 Å². The molecule has 32 heavy (non-hydrogen) atoms. The highest BCUT2D eigenvalue weighted by molar-refractivity contribution is 5.79. The summed E-state index contributed by atoms with van der Waals surface area (Å²) in [4.78, 5) is 32.2. The van der Waals surface area contributed by atoms with Crippen LogP contribution in [0.4, 0.5) is 5.82 Å². The smallest absolute Gasteiger partial charge is 0.293 e. The Labute approximate surface area is 186 Å². The number of hydrogen-bond acceptors (Lipinski definition) is 6. The lowest BCUT2D eigenvalue weighted by Crippen LogP contribution is -2.43. The molecule has 168 valence electrons. The molecule has 1 N–H and O–H groups in total.